The molecule has 1 rings (SSSR count). The van der Waals surface area contributed by atoms with Crippen LogP contribution in [0.4, 0.5) is 0 Å². The van der Waals surface area contributed by atoms with Crippen molar-refractivity contribution in [3.05, 3.63) is 28.8 Å². The average molecular weight is 234 g/mol. The molecule has 1 atom stereocenters. The van der Waals surface area contributed by atoms with Gasteiger partial charge in [0.05, 0.1) is 0 Å². The monoisotopic (exact) mass is 234 g/mol. The Bertz CT molecular complexity index is 397. The molecule has 1 aromatic rings. The molecular weight excluding hydrogens is 208 g/mol. The maximum atomic E-state index is 10.1. The number of phenolic OH excluding ortho intramolecular Hbond substituents is 1. The summed E-state index contributed by atoms with van der Waals surface area (Å²) in [5.74, 6) is 1.57. The van der Waals surface area contributed by atoms with E-state index >= 15 is 0 Å². The minimum atomic E-state index is -0.0107. The van der Waals surface area contributed by atoms with Crippen molar-refractivity contribution in [3.63, 3.8) is 0 Å². The van der Waals surface area contributed by atoms with Crippen molar-refractivity contribution < 1.29 is 5.11 Å². The first-order valence-corrected chi connectivity index (χ1v) is 6.48. The molecule has 0 amide bonds. The third-order valence-corrected chi connectivity index (χ3v) is 3.68. The summed E-state index contributed by atoms with van der Waals surface area (Å²) in [6, 6.07) is 4.10. The lowest BCUT2D eigenvalue weighted by Crippen LogP contribution is -2.14. The van der Waals surface area contributed by atoms with Crippen LogP contribution < -0.4 is 0 Å². The van der Waals surface area contributed by atoms with E-state index in [1.165, 1.54) is 11.1 Å². The van der Waals surface area contributed by atoms with Crippen molar-refractivity contribution >= 4 is 0 Å². The van der Waals surface area contributed by atoms with Gasteiger partial charge in [0.15, 0.2) is 0 Å². The number of hydrogen-bond donors (Lipinski definition) is 1. The lowest BCUT2D eigenvalue weighted by Gasteiger charge is -2.25. The molecule has 0 bridgehead atoms. The van der Waals surface area contributed by atoms with Crippen molar-refractivity contribution in [2.75, 3.05) is 0 Å². The van der Waals surface area contributed by atoms with Crippen LogP contribution in [-0.2, 0) is 5.41 Å². The lowest BCUT2D eigenvalue weighted by molar-refractivity contribution is 0.443. The van der Waals surface area contributed by atoms with Gasteiger partial charge in [-0.05, 0) is 46.9 Å². The maximum absolute atomic E-state index is 10.1. The van der Waals surface area contributed by atoms with E-state index < -0.39 is 0 Å². The van der Waals surface area contributed by atoms with Gasteiger partial charge in [0.25, 0.3) is 0 Å². The molecular formula is C16H26O. The number of hydrogen-bond acceptors (Lipinski definition) is 1. The van der Waals surface area contributed by atoms with Gasteiger partial charge >= 0.3 is 0 Å². The Labute approximate surface area is 106 Å². The quantitative estimate of drug-likeness (QED) is 0.782. The van der Waals surface area contributed by atoms with E-state index in [1.807, 2.05) is 6.07 Å². The summed E-state index contributed by atoms with van der Waals surface area (Å²) < 4.78 is 0. The standard InChI is InChI=1S/C16H26O/c1-10(2)12(4)13-9-14(16(5,6)7)15(17)8-11(13)3/h8-10,12,17H,1-7H3. The first-order chi connectivity index (χ1) is 7.64. The molecule has 0 heterocycles. The summed E-state index contributed by atoms with van der Waals surface area (Å²) in [5, 5.41) is 10.1. The van der Waals surface area contributed by atoms with Gasteiger partial charge in [-0.15, -0.1) is 0 Å². The van der Waals surface area contributed by atoms with Crippen LogP contribution in [0.1, 0.15) is 64.2 Å². The second-order valence-corrected chi connectivity index (χ2v) is 6.51. The van der Waals surface area contributed by atoms with Gasteiger partial charge in [0, 0.05) is 0 Å². The fourth-order valence-electron chi connectivity index (χ4n) is 2.16. The van der Waals surface area contributed by atoms with Gasteiger partial charge in [-0.3, -0.25) is 0 Å². The van der Waals surface area contributed by atoms with Crippen LogP contribution in [0, 0.1) is 12.8 Å². The third kappa shape index (κ3) is 3.02. The largest absolute Gasteiger partial charge is 0.508 e. The normalized spacial score (nSPS) is 14.1. The Balaban J connectivity index is 3.34. The summed E-state index contributed by atoms with van der Waals surface area (Å²) >= 11 is 0. The smallest absolute Gasteiger partial charge is 0.119 e. The third-order valence-electron chi connectivity index (χ3n) is 3.68. The molecule has 1 unspecified atom stereocenters. The Kier molecular flexibility index (Phi) is 3.91. The van der Waals surface area contributed by atoms with E-state index in [1.54, 1.807) is 0 Å². The highest BCUT2D eigenvalue weighted by Gasteiger charge is 2.22. The molecule has 0 radical (unpaired) electrons. The molecule has 96 valence electrons. The van der Waals surface area contributed by atoms with Gasteiger partial charge in [-0.25, -0.2) is 0 Å². The molecule has 1 N–H and O–H groups in total. The Morgan fingerprint density at radius 1 is 1.06 bits per heavy atom. The topological polar surface area (TPSA) is 20.2 Å². The summed E-state index contributed by atoms with van der Waals surface area (Å²) in [6.45, 7) is 15.3. The summed E-state index contributed by atoms with van der Waals surface area (Å²) in [7, 11) is 0. The molecule has 17 heavy (non-hydrogen) atoms. The lowest BCUT2D eigenvalue weighted by atomic mass is 9.80. The van der Waals surface area contributed by atoms with Crippen LogP contribution in [0.2, 0.25) is 0 Å². The van der Waals surface area contributed by atoms with Crippen molar-refractivity contribution in [1.82, 2.24) is 0 Å². The molecule has 0 spiro atoms. The highest BCUT2D eigenvalue weighted by molar-refractivity contribution is 5.46. The molecule has 0 aromatic heterocycles. The second kappa shape index (κ2) is 4.72. The summed E-state index contributed by atoms with van der Waals surface area (Å²) in [5.41, 5.74) is 3.59. The highest BCUT2D eigenvalue weighted by Crippen LogP contribution is 2.36. The fourth-order valence-corrected chi connectivity index (χ4v) is 2.16. The van der Waals surface area contributed by atoms with E-state index in [9.17, 15) is 5.11 Å². The Hall–Kier alpha value is -0.980. The van der Waals surface area contributed by atoms with E-state index in [0.29, 0.717) is 17.6 Å². The van der Waals surface area contributed by atoms with Crippen molar-refractivity contribution in [3.8, 4) is 5.75 Å². The zero-order chi connectivity index (χ0) is 13.4. The average Bonchev–Trinajstić information content (AvgIpc) is 2.14. The summed E-state index contributed by atoms with van der Waals surface area (Å²) in [4.78, 5) is 0. The molecule has 1 aromatic carbocycles. The molecule has 1 heteroatoms. The fraction of sp³-hybridized carbons (Fsp3) is 0.625. The minimum absolute atomic E-state index is 0.0107. The SMILES string of the molecule is Cc1cc(O)c(C(C)(C)C)cc1C(C)C(C)C. The van der Waals surface area contributed by atoms with Crippen LogP contribution in [0.5, 0.6) is 5.75 Å². The summed E-state index contributed by atoms with van der Waals surface area (Å²) in [6.07, 6.45) is 0. The zero-order valence-corrected chi connectivity index (χ0v) is 12.3. The van der Waals surface area contributed by atoms with Crippen molar-refractivity contribution in [1.29, 1.82) is 0 Å². The molecule has 0 aliphatic carbocycles. The number of aryl methyl sites for hydroxylation is 1. The highest BCUT2D eigenvalue weighted by atomic mass is 16.3. The molecule has 1 nitrogen and oxygen atoms in total. The number of benzene rings is 1. The van der Waals surface area contributed by atoms with Crippen LogP contribution in [-0.4, -0.2) is 5.11 Å². The predicted octanol–water partition coefficient (Wildman–Crippen LogP) is 4.76. The van der Waals surface area contributed by atoms with E-state index in [-0.39, 0.29) is 5.41 Å². The van der Waals surface area contributed by atoms with Crippen LogP contribution in [0.25, 0.3) is 0 Å². The van der Waals surface area contributed by atoms with Crippen molar-refractivity contribution in [2.45, 2.75) is 59.8 Å². The van der Waals surface area contributed by atoms with Gasteiger partial charge in [0.1, 0.15) is 5.75 Å². The molecule has 0 saturated heterocycles. The van der Waals surface area contributed by atoms with Crippen molar-refractivity contribution in [2.24, 2.45) is 5.92 Å². The van der Waals surface area contributed by atoms with Crippen LogP contribution >= 0.6 is 0 Å². The Morgan fingerprint density at radius 2 is 1.59 bits per heavy atom. The van der Waals surface area contributed by atoms with E-state index in [4.69, 9.17) is 0 Å². The van der Waals surface area contributed by atoms with E-state index in [0.717, 1.165) is 5.56 Å². The van der Waals surface area contributed by atoms with Gasteiger partial charge in [-0.2, -0.15) is 0 Å². The van der Waals surface area contributed by atoms with Crippen LogP contribution in [0.15, 0.2) is 12.1 Å². The van der Waals surface area contributed by atoms with E-state index in [2.05, 4.69) is 54.5 Å². The minimum Gasteiger partial charge on any atom is -0.508 e. The first-order valence-electron chi connectivity index (χ1n) is 6.48. The number of rotatable bonds is 2. The van der Waals surface area contributed by atoms with Gasteiger partial charge < -0.3 is 5.11 Å². The molecule has 0 fully saturated rings. The van der Waals surface area contributed by atoms with Gasteiger partial charge in [0.2, 0.25) is 0 Å². The first kappa shape index (κ1) is 14.1. The Morgan fingerprint density at radius 3 is 2.00 bits per heavy atom. The second-order valence-electron chi connectivity index (χ2n) is 6.51. The molecule has 0 aliphatic rings. The number of phenols is 1. The number of aromatic hydroxyl groups is 1. The zero-order valence-electron chi connectivity index (χ0n) is 12.3. The maximum Gasteiger partial charge on any atom is 0.119 e. The predicted molar refractivity (Wildman–Crippen MR) is 74.8 cm³/mol. The van der Waals surface area contributed by atoms with Gasteiger partial charge in [-0.1, -0.05) is 47.6 Å². The molecule has 0 aliphatic heterocycles. The van der Waals surface area contributed by atoms with Crippen LogP contribution in [0.3, 0.4) is 0 Å². The molecule has 0 saturated carbocycles.